The van der Waals surface area contributed by atoms with E-state index in [0.717, 1.165) is 0 Å². The maximum atomic E-state index is 2.87. The Hall–Kier alpha value is -8.64. The summed E-state index contributed by atoms with van der Waals surface area (Å²) in [4.78, 5) is 0. The lowest BCUT2D eigenvalue weighted by Crippen LogP contribution is -2.02. The van der Waals surface area contributed by atoms with Crippen LogP contribution in [0.15, 0.2) is 0 Å². The average molecular weight is 745 g/mol. The lowest BCUT2D eigenvalue weighted by Gasteiger charge is -2.15. The van der Waals surface area contributed by atoms with Crippen molar-refractivity contribution in [1.82, 2.24) is 52.8 Å². The normalized spacial score (nSPS) is 18.0. The zero-order chi connectivity index (χ0) is 34.6. The molecule has 252 valence electrons. The topological polar surface area (TPSA) is 52.9 Å². The number of hydrogen-bond acceptors (Lipinski definition) is 0. The Balaban J connectivity index is 1.37. The SMILES string of the molecule is c12c3c4c5c6c7c8c9c%10c%11c%12c%13c(c%14c%15c(c3n%146)n3c1c1c6c3c3c%14c(c%13n3%15)n3c%12c%12c%13c3c3c%15c(c6n3%14)n3c1c1c6c3c3c%14c(c%13n3%15)n(c%10%12)c9c3c(c(c6n3%14)n4c21)n85)n%117. The molecule has 0 unspecified atom stereocenters. The van der Waals surface area contributed by atoms with Crippen molar-refractivity contribution in [3.05, 3.63) is 0 Å². The first kappa shape index (κ1) is 19.7. The Morgan fingerprint density at radius 2 is 0.167 bits per heavy atom. The third kappa shape index (κ3) is 0.935. The molecule has 0 aliphatic rings. The molecule has 0 spiro atoms. The Kier molecular flexibility index (Phi) is 1.37. The van der Waals surface area contributed by atoms with Crippen molar-refractivity contribution in [2.45, 2.75) is 0 Å². The largest absolute Gasteiger partial charge is 0.302 e. The molecule has 32 rings (SSSR count). The van der Waals surface area contributed by atoms with E-state index in [0.29, 0.717) is 0 Å². The van der Waals surface area contributed by atoms with Gasteiger partial charge in [0.2, 0.25) is 0 Å². The van der Waals surface area contributed by atoms with Crippen LogP contribution in [-0.2, 0) is 0 Å². The number of hydrogen-bond donors (Lipinski definition) is 0. The van der Waals surface area contributed by atoms with E-state index in [9.17, 15) is 0 Å². The lowest BCUT2D eigenvalue weighted by molar-refractivity contribution is 1.25. The minimum Gasteiger partial charge on any atom is -0.302 e. The van der Waals surface area contributed by atoms with Crippen LogP contribution in [0.2, 0.25) is 0 Å². The van der Waals surface area contributed by atoms with Crippen LogP contribution in [0.3, 0.4) is 0 Å². The van der Waals surface area contributed by atoms with Crippen LogP contribution in [0.4, 0.5) is 0 Å². The number of benzene rings is 2. The van der Waals surface area contributed by atoms with Crippen molar-refractivity contribution in [3.8, 4) is 0 Å². The summed E-state index contributed by atoms with van der Waals surface area (Å²) in [5, 5.41) is 17.9. The molecule has 60 heavy (non-hydrogen) atoms. The standard InChI is InChI=1S/C48N12/c1-7-19-37-45-34-28-11-5-16-4-10-22(52(16)34)39-43-31(25(7)55(39)45)50-14(1)2-8-20(50)38-46-35(29(10)59(38)43)54-17(4)6-12-24(54)42-47-33(27(8)58(42)46)51-15(2)3-9-21(51)40-48-36(30(12)60(40)47)53(18(5)6)23(11)41-44(56(28)37)32(26(9)57(41)48)49(19)13(1)3. The van der Waals surface area contributed by atoms with Gasteiger partial charge in [0.15, 0.2) is 0 Å². The van der Waals surface area contributed by atoms with Gasteiger partial charge < -0.3 is 26.4 Å². The maximum absolute atomic E-state index is 2.87. The first-order valence-electron chi connectivity index (χ1n) is 21.5. The van der Waals surface area contributed by atoms with Gasteiger partial charge in [0.1, 0.15) is 0 Å². The van der Waals surface area contributed by atoms with Crippen molar-refractivity contribution in [2.75, 3.05) is 0 Å². The summed E-state index contributed by atoms with van der Waals surface area (Å²) in [5.41, 5.74) is 51.8. The predicted molar refractivity (Wildman–Crippen MR) is 235 cm³/mol. The van der Waals surface area contributed by atoms with Crippen molar-refractivity contribution in [3.63, 3.8) is 0 Å². The number of aromatic nitrogens is 12. The van der Waals surface area contributed by atoms with Gasteiger partial charge in [-0.05, 0) is 0 Å². The van der Waals surface area contributed by atoms with E-state index in [1.807, 2.05) is 0 Å². The summed E-state index contributed by atoms with van der Waals surface area (Å²) in [6.45, 7) is 0. The van der Waals surface area contributed by atoms with E-state index in [4.69, 9.17) is 0 Å². The molecule has 0 saturated heterocycles. The molecule has 2 aromatic carbocycles. The van der Waals surface area contributed by atoms with Crippen LogP contribution < -0.4 is 0 Å². The summed E-state index contributed by atoms with van der Waals surface area (Å²) < 4.78 is 34.4. The fourth-order valence-corrected chi connectivity index (χ4v) is 20.2. The van der Waals surface area contributed by atoms with Gasteiger partial charge in [0.05, 0.1) is 199 Å². The first-order valence-corrected chi connectivity index (χ1v) is 21.5. The molecular weight excluding hydrogens is 745 g/mol. The second-order valence-electron chi connectivity index (χ2n) is 21.1. The van der Waals surface area contributed by atoms with Gasteiger partial charge in [-0.3, -0.25) is 26.4 Å². The Labute approximate surface area is 315 Å². The quantitative estimate of drug-likeness (QED) is 0.139. The predicted octanol–water partition coefficient (Wildman–Crippen LogP) is 10.3. The monoisotopic (exact) mass is 744 g/mol. The fraction of sp³-hybridized carbons (Fsp3) is 0. The summed E-state index contributed by atoms with van der Waals surface area (Å²) in [6, 6.07) is 0. The smallest absolute Gasteiger partial charge is 0.0993 e. The van der Waals surface area contributed by atoms with E-state index >= 15 is 0 Å². The molecule has 0 fully saturated rings. The van der Waals surface area contributed by atoms with E-state index in [1.54, 1.807) is 0 Å². The van der Waals surface area contributed by atoms with Crippen LogP contribution in [0, 0.1) is 0 Å². The highest BCUT2D eigenvalue weighted by atomic mass is 15.2. The van der Waals surface area contributed by atoms with Crippen LogP contribution in [0.1, 0.15) is 0 Å². The van der Waals surface area contributed by atoms with Crippen molar-refractivity contribution < 1.29 is 0 Å². The zero-order valence-electron chi connectivity index (χ0n) is 29.4. The van der Waals surface area contributed by atoms with Gasteiger partial charge in [-0.15, -0.1) is 0 Å². The van der Waals surface area contributed by atoms with E-state index < -0.39 is 0 Å². The molecule has 0 amide bonds. The summed E-state index contributed by atoms with van der Waals surface area (Å²) in [5.74, 6) is 0. The number of nitrogens with zero attached hydrogens (tertiary/aromatic N) is 12. The van der Waals surface area contributed by atoms with E-state index in [2.05, 4.69) is 52.8 Å². The second-order valence-corrected chi connectivity index (χ2v) is 21.1. The maximum Gasteiger partial charge on any atom is 0.0993 e. The first-order chi connectivity index (χ1) is 30.0. The van der Waals surface area contributed by atoms with Crippen molar-refractivity contribution in [2.24, 2.45) is 0 Å². The third-order valence-corrected chi connectivity index (χ3v) is 20.6. The van der Waals surface area contributed by atoms with E-state index in [-0.39, 0.29) is 0 Å². The van der Waals surface area contributed by atoms with Crippen LogP contribution in [-0.4, -0.2) is 52.8 Å². The molecule has 0 N–H and O–H groups in total. The van der Waals surface area contributed by atoms with Crippen LogP contribution in [0.25, 0.3) is 263 Å². The Morgan fingerprint density at radius 1 is 0.0833 bits per heavy atom. The van der Waals surface area contributed by atoms with Crippen molar-refractivity contribution in [1.29, 1.82) is 0 Å². The molecule has 0 radical (unpaired) electrons. The minimum absolute atomic E-state index is 1.42. The number of pyridine rings is 12. The zero-order valence-corrected chi connectivity index (χ0v) is 29.4. The van der Waals surface area contributed by atoms with Gasteiger partial charge >= 0.3 is 0 Å². The Bertz CT molecular complexity index is 4070. The molecule has 12 heteroatoms. The molecule has 0 aliphatic heterocycles. The highest BCUT2D eigenvalue weighted by molar-refractivity contribution is 6.60. The number of rotatable bonds is 0. The van der Waals surface area contributed by atoms with E-state index in [1.165, 1.54) is 263 Å². The van der Waals surface area contributed by atoms with Crippen molar-refractivity contribution >= 4 is 263 Å². The summed E-state index contributed by atoms with van der Waals surface area (Å²) in [6.07, 6.45) is 0. The van der Waals surface area contributed by atoms with Gasteiger partial charge in [-0.25, -0.2) is 0 Å². The van der Waals surface area contributed by atoms with Gasteiger partial charge in [0.25, 0.3) is 0 Å². The highest BCUT2D eigenvalue weighted by Crippen LogP contribution is 2.70. The van der Waals surface area contributed by atoms with Gasteiger partial charge in [-0.1, -0.05) is 0 Å². The molecular formula is C48N12. The summed E-state index contributed by atoms with van der Waals surface area (Å²) in [7, 11) is 0. The van der Waals surface area contributed by atoms with Crippen LogP contribution in [0.5, 0.6) is 0 Å². The molecule has 0 bridgehead atoms. The molecule has 32 aromatic rings. The molecule has 30 heterocycles. The highest BCUT2D eigenvalue weighted by Gasteiger charge is 2.51. The van der Waals surface area contributed by atoms with Gasteiger partial charge in [-0.2, -0.15) is 0 Å². The van der Waals surface area contributed by atoms with Crippen LogP contribution >= 0.6 is 0 Å². The molecule has 30 aromatic heterocycles. The summed E-state index contributed by atoms with van der Waals surface area (Å²) >= 11 is 0. The average Bonchev–Trinajstić information content (AvgIpc) is 4.09. The molecule has 0 atom stereocenters. The lowest BCUT2D eigenvalue weighted by atomic mass is 9.98. The molecule has 0 aliphatic carbocycles. The molecule has 0 saturated carbocycles. The van der Waals surface area contributed by atoms with Gasteiger partial charge in [0, 0.05) is 64.6 Å². The Morgan fingerprint density at radius 3 is 0.300 bits per heavy atom. The third-order valence-electron chi connectivity index (χ3n) is 20.6. The molecule has 12 nitrogen and oxygen atoms in total. The minimum atomic E-state index is 1.42. The fourth-order valence-electron chi connectivity index (χ4n) is 20.2. The second kappa shape index (κ2) is 4.18.